The van der Waals surface area contributed by atoms with Gasteiger partial charge in [0.2, 0.25) is 0 Å². The van der Waals surface area contributed by atoms with Crippen molar-refractivity contribution in [2.24, 2.45) is 0 Å². The number of benzene rings is 1. The highest BCUT2D eigenvalue weighted by molar-refractivity contribution is 5.80. The van der Waals surface area contributed by atoms with E-state index in [4.69, 9.17) is 10.2 Å². The van der Waals surface area contributed by atoms with Crippen molar-refractivity contribution < 1.29 is 4.42 Å². The third-order valence-electron chi connectivity index (χ3n) is 2.30. The number of nitrogens with zero attached hydrogens (tertiary/aromatic N) is 3. The summed E-state index contributed by atoms with van der Waals surface area (Å²) in [5.41, 5.74) is 8.81. The van der Waals surface area contributed by atoms with Crippen LogP contribution in [0.2, 0.25) is 0 Å². The predicted octanol–water partition coefficient (Wildman–Crippen LogP) is 1.87. The van der Waals surface area contributed by atoms with Gasteiger partial charge >= 0.3 is 0 Å². The molecule has 0 spiro atoms. The molecular formula is C11H8N4O. The summed E-state index contributed by atoms with van der Waals surface area (Å²) < 4.78 is 5.19. The first-order chi connectivity index (χ1) is 7.83. The average molecular weight is 212 g/mol. The molecule has 0 fully saturated rings. The fourth-order valence-electron chi connectivity index (χ4n) is 1.57. The maximum atomic E-state index is 5.48. The van der Waals surface area contributed by atoms with E-state index in [9.17, 15) is 0 Å². The van der Waals surface area contributed by atoms with E-state index in [1.54, 1.807) is 12.4 Å². The number of rotatable bonds is 1. The number of anilines is 1. The first kappa shape index (κ1) is 8.84. The summed E-state index contributed by atoms with van der Waals surface area (Å²) in [5.74, 6) is 0. The molecule has 0 saturated heterocycles. The quantitative estimate of drug-likeness (QED) is 0.666. The molecule has 0 radical (unpaired) electrons. The normalized spacial score (nSPS) is 10.8. The lowest BCUT2D eigenvalue weighted by Crippen LogP contribution is -1.82. The molecule has 5 nitrogen and oxygen atoms in total. The number of nitrogens with two attached hydrogens (primary N) is 1. The minimum absolute atomic E-state index is 0.177. The van der Waals surface area contributed by atoms with Crippen molar-refractivity contribution in [2.45, 2.75) is 0 Å². The Hall–Kier alpha value is -2.43. The van der Waals surface area contributed by atoms with Crippen molar-refractivity contribution in [3.63, 3.8) is 0 Å². The molecule has 0 amide bonds. The Morgan fingerprint density at radius 1 is 1.06 bits per heavy atom. The van der Waals surface area contributed by atoms with Crippen LogP contribution in [-0.4, -0.2) is 15.0 Å². The van der Waals surface area contributed by atoms with Crippen LogP contribution < -0.4 is 5.73 Å². The molecule has 0 saturated carbocycles. The largest absolute Gasteiger partial charge is 0.424 e. The Labute approximate surface area is 91.0 Å². The molecular weight excluding hydrogens is 204 g/mol. The van der Waals surface area contributed by atoms with E-state index in [1.165, 1.54) is 6.33 Å². The fraction of sp³-hybridized carbons (Fsp3) is 0. The summed E-state index contributed by atoms with van der Waals surface area (Å²) >= 11 is 0. The van der Waals surface area contributed by atoms with Crippen LogP contribution in [0.1, 0.15) is 0 Å². The lowest BCUT2D eigenvalue weighted by molar-refractivity contribution is 0.626. The second kappa shape index (κ2) is 3.30. The highest BCUT2D eigenvalue weighted by atomic mass is 16.4. The molecule has 0 aliphatic heterocycles. The Morgan fingerprint density at radius 3 is 2.69 bits per heavy atom. The first-order valence-corrected chi connectivity index (χ1v) is 4.74. The number of oxazole rings is 1. The molecule has 16 heavy (non-hydrogen) atoms. The van der Waals surface area contributed by atoms with E-state index >= 15 is 0 Å². The number of hydrogen-bond acceptors (Lipinski definition) is 5. The summed E-state index contributed by atoms with van der Waals surface area (Å²) in [6, 6.07) is 5.83. The van der Waals surface area contributed by atoms with Crippen LogP contribution in [0.5, 0.6) is 0 Å². The number of hydrogen-bond donors (Lipinski definition) is 1. The van der Waals surface area contributed by atoms with Gasteiger partial charge in [0.15, 0.2) is 5.58 Å². The van der Waals surface area contributed by atoms with Crippen LogP contribution in [0.4, 0.5) is 6.01 Å². The first-order valence-electron chi connectivity index (χ1n) is 4.74. The summed E-state index contributed by atoms with van der Waals surface area (Å²) in [5, 5.41) is 0. The van der Waals surface area contributed by atoms with E-state index in [-0.39, 0.29) is 6.01 Å². The second-order valence-electron chi connectivity index (χ2n) is 3.36. The number of aromatic nitrogens is 3. The SMILES string of the molecule is Nc1nc2cc(-c3cncnc3)ccc2o1. The molecule has 2 N–H and O–H groups in total. The third kappa shape index (κ3) is 1.38. The second-order valence-corrected chi connectivity index (χ2v) is 3.36. The number of fused-ring (bicyclic) bond motifs is 1. The topological polar surface area (TPSA) is 77.8 Å². The molecule has 3 rings (SSSR count). The molecule has 2 aromatic heterocycles. The molecule has 3 aromatic rings. The Bertz CT molecular complexity index is 633. The van der Waals surface area contributed by atoms with Gasteiger partial charge in [-0.2, -0.15) is 4.98 Å². The zero-order valence-corrected chi connectivity index (χ0v) is 8.29. The monoisotopic (exact) mass is 212 g/mol. The lowest BCUT2D eigenvalue weighted by atomic mass is 10.1. The van der Waals surface area contributed by atoms with Gasteiger partial charge in [-0.05, 0) is 17.7 Å². The molecule has 78 valence electrons. The summed E-state index contributed by atoms with van der Waals surface area (Å²) in [4.78, 5) is 12.0. The molecule has 0 atom stereocenters. The standard InChI is InChI=1S/C11H8N4O/c12-11-15-9-3-7(1-2-10(9)16-11)8-4-13-6-14-5-8/h1-6H,(H2,12,15). The predicted molar refractivity (Wildman–Crippen MR) is 59.4 cm³/mol. The molecule has 2 heterocycles. The van der Waals surface area contributed by atoms with Gasteiger partial charge in [0.1, 0.15) is 11.8 Å². The smallest absolute Gasteiger partial charge is 0.292 e. The van der Waals surface area contributed by atoms with E-state index in [2.05, 4.69) is 15.0 Å². The minimum atomic E-state index is 0.177. The number of nitrogen functional groups attached to an aromatic ring is 1. The van der Waals surface area contributed by atoms with Gasteiger partial charge in [-0.3, -0.25) is 0 Å². The molecule has 0 unspecified atom stereocenters. The molecule has 0 aliphatic carbocycles. The van der Waals surface area contributed by atoms with E-state index < -0.39 is 0 Å². The molecule has 0 bridgehead atoms. The highest BCUT2D eigenvalue weighted by Gasteiger charge is 2.05. The van der Waals surface area contributed by atoms with E-state index in [1.807, 2.05) is 18.2 Å². The van der Waals surface area contributed by atoms with Gasteiger partial charge in [0.25, 0.3) is 6.01 Å². The van der Waals surface area contributed by atoms with Crippen LogP contribution in [0.3, 0.4) is 0 Å². The van der Waals surface area contributed by atoms with Crippen LogP contribution in [0, 0.1) is 0 Å². The van der Waals surface area contributed by atoms with Crippen molar-refractivity contribution in [3.05, 3.63) is 36.9 Å². The van der Waals surface area contributed by atoms with Crippen molar-refractivity contribution in [2.75, 3.05) is 5.73 Å². The van der Waals surface area contributed by atoms with Crippen LogP contribution >= 0.6 is 0 Å². The van der Waals surface area contributed by atoms with Crippen molar-refractivity contribution in [1.29, 1.82) is 0 Å². The maximum Gasteiger partial charge on any atom is 0.292 e. The van der Waals surface area contributed by atoms with Gasteiger partial charge < -0.3 is 10.2 Å². The van der Waals surface area contributed by atoms with Crippen molar-refractivity contribution in [1.82, 2.24) is 15.0 Å². The molecule has 1 aromatic carbocycles. The summed E-state index contributed by atoms with van der Waals surface area (Å²) in [6.07, 6.45) is 4.99. The van der Waals surface area contributed by atoms with Crippen molar-refractivity contribution >= 4 is 17.1 Å². The Kier molecular flexibility index (Phi) is 1.83. The fourth-order valence-corrected chi connectivity index (χ4v) is 1.57. The third-order valence-corrected chi connectivity index (χ3v) is 2.30. The zero-order chi connectivity index (χ0) is 11.0. The van der Waals surface area contributed by atoms with Crippen LogP contribution in [0.25, 0.3) is 22.2 Å². The Morgan fingerprint density at radius 2 is 1.88 bits per heavy atom. The van der Waals surface area contributed by atoms with Crippen molar-refractivity contribution in [3.8, 4) is 11.1 Å². The average Bonchev–Trinajstić information content (AvgIpc) is 2.69. The van der Waals surface area contributed by atoms with E-state index in [0.717, 1.165) is 16.6 Å². The van der Waals surface area contributed by atoms with Gasteiger partial charge in [0, 0.05) is 18.0 Å². The molecule has 0 aliphatic rings. The van der Waals surface area contributed by atoms with Gasteiger partial charge in [-0.25, -0.2) is 9.97 Å². The van der Waals surface area contributed by atoms with E-state index in [0.29, 0.717) is 5.58 Å². The summed E-state index contributed by atoms with van der Waals surface area (Å²) in [7, 11) is 0. The van der Waals surface area contributed by atoms with Gasteiger partial charge in [-0.15, -0.1) is 0 Å². The van der Waals surface area contributed by atoms with Crippen LogP contribution in [-0.2, 0) is 0 Å². The van der Waals surface area contributed by atoms with Gasteiger partial charge in [0.05, 0.1) is 0 Å². The Balaban J connectivity index is 2.18. The van der Waals surface area contributed by atoms with Gasteiger partial charge in [-0.1, -0.05) is 6.07 Å². The maximum absolute atomic E-state index is 5.48. The van der Waals surface area contributed by atoms with Crippen LogP contribution in [0.15, 0.2) is 41.3 Å². The minimum Gasteiger partial charge on any atom is -0.424 e. The zero-order valence-electron chi connectivity index (χ0n) is 8.29. The molecule has 5 heteroatoms. The lowest BCUT2D eigenvalue weighted by Gasteiger charge is -1.98. The summed E-state index contributed by atoms with van der Waals surface area (Å²) in [6.45, 7) is 0. The highest BCUT2D eigenvalue weighted by Crippen LogP contribution is 2.24.